The van der Waals surface area contributed by atoms with E-state index in [1.807, 2.05) is 30.3 Å². The van der Waals surface area contributed by atoms with Gasteiger partial charge in [0.25, 0.3) is 5.91 Å². The van der Waals surface area contributed by atoms with Crippen LogP contribution >= 0.6 is 0 Å². The second-order valence-electron chi connectivity index (χ2n) is 11.4. The molecular formula is C31H36N8O3S. The summed E-state index contributed by atoms with van der Waals surface area (Å²) in [5.41, 5.74) is 3.12. The second-order valence-corrected chi connectivity index (χ2v) is 13.4. The maximum atomic E-state index is 12.7. The Balaban J connectivity index is 1.12. The van der Waals surface area contributed by atoms with Crippen molar-refractivity contribution in [3.8, 4) is 11.4 Å². The van der Waals surface area contributed by atoms with Gasteiger partial charge < -0.3 is 15.1 Å². The van der Waals surface area contributed by atoms with Crippen LogP contribution in [0.1, 0.15) is 28.9 Å². The van der Waals surface area contributed by atoms with E-state index in [2.05, 4.69) is 43.1 Å². The Bertz CT molecular complexity index is 1730. The van der Waals surface area contributed by atoms with Gasteiger partial charge >= 0.3 is 0 Å². The molecule has 6 heterocycles. The molecule has 6 rings (SSSR count). The van der Waals surface area contributed by atoms with Crippen molar-refractivity contribution in [2.45, 2.75) is 30.3 Å². The van der Waals surface area contributed by atoms with Gasteiger partial charge in [-0.3, -0.25) is 19.7 Å². The number of hydrogen-bond donors (Lipinski definition) is 1. The molecule has 2 aliphatic rings. The van der Waals surface area contributed by atoms with Crippen LogP contribution in [0.2, 0.25) is 0 Å². The number of carbonyl (C=O) groups is 1. The summed E-state index contributed by atoms with van der Waals surface area (Å²) in [6.07, 6.45) is 7.67. The molecule has 11 nitrogen and oxygen atoms in total. The average Bonchev–Trinajstić information content (AvgIpc) is 3.03. The van der Waals surface area contributed by atoms with Gasteiger partial charge in [-0.2, -0.15) is 0 Å². The van der Waals surface area contributed by atoms with Crippen molar-refractivity contribution in [1.82, 2.24) is 35.1 Å². The molecule has 0 aromatic carbocycles. The molecule has 0 saturated carbocycles. The number of rotatable bonds is 7. The number of piperidine rings is 1. The van der Waals surface area contributed by atoms with E-state index in [0.29, 0.717) is 11.7 Å². The largest absolute Gasteiger partial charge is 0.356 e. The Morgan fingerprint density at radius 3 is 2.47 bits per heavy atom. The van der Waals surface area contributed by atoms with Crippen molar-refractivity contribution in [1.29, 1.82) is 0 Å². The number of nitrogens with one attached hydrogen (secondary N) is 1. The maximum Gasteiger partial charge on any atom is 0.253 e. The number of anilines is 1. The number of sulfone groups is 1. The molecule has 0 unspecified atom stereocenters. The number of likely N-dealkylation sites (N-methyl/N-ethyl adjacent to an activating group) is 1. The lowest BCUT2D eigenvalue weighted by Gasteiger charge is -2.42. The Kier molecular flexibility index (Phi) is 8.33. The normalized spacial score (nSPS) is 17.3. The zero-order chi connectivity index (χ0) is 30.0. The first-order chi connectivity index (χ1) is 20.7. The molecule has 224 valence electrons. The van der Waals surface area contributed by atoms with Crippen LogP contribution in [0.4, 0.5) is 5.82 Å². The molecule has 4 aromatic heterocycles. The van der Waals surface area contributed by atoms with Crippen molar-refractivity contribution >= 4 is 32.5 Å². The molecule has 0 bridgehead atoms. The van der Waals surface area contributed by atoms with Crippen LogP contribution in [0, 0.1) is 0 Å². The first-order valence-electron chi connectivity index (χ1n) is 14.6. The molecule has 12 heteroatoms. The van der Waals surface area contributed by atoms with E-state index in [0.717, 1.165) is 86.5 Å². The van der Waals surface area contributed by atoms with Gasteiger partial charge in [-0.25, -0.2) is 18.4 Å². The number of amides is 1. The summed E-state index contributed by atoms with van der Waals surface area (Å²) in [5.74, 6) is 0.541. The number of aromatic nitrogens is 4. The second kappa shape index (κ2) is 12.3. The van der Waals surface area contributed by atoms with Crippen molar-refractivity contribution in [3.05, 3.63) is 72.3 Å². The average molecular weight is 601 g/mol. The lowest BCUT2D eigenvalue weighted by Crippen LogP contribution is -2.52. The zero-order valence-electron chi connectivity index (χ0n) is 24.5. The van der Waals surface area contributed by atoms with Crippen LogP contribution in [-0.4, -0.2) is 103 Å². The summed E-state index contributed by atoms with van der Waals surface area (Å²) < 4.78 is 23.6. The summed E-state index contributed by atoms with van der Waals surface area (Å²) in [6.45, 7) is 6.75. The molecule has 4 aromatic rings. The predicted molar refractivity (Wildman–Crippen MR) is 166 cm³/mol. The summed E-state index contributed by atoms with van der Waals surface area (Å²) >= 11 is 0. The monoisotopic (exact) mass is 600 g/mol. The van der Waals surface area contributed by atoms with Crippen LogP contribution in [0.3, 0.4) is 0 Å². The first kappa shape index (κ1) is 29.1. The number of carbonyl (C=O) groups excluding carboxylic acids is 1. The molecule has 1 N–H and O–H groups in total. The quantitative estimate of drug-likeness (QED) is 0.339. The van der Waals surface area contributed by atoms with Gasteiger partial charge in [0.15, 0.2) is 9.84 Å². The summed E-state index contributed by atoms with van der Waals surface area (Å²) in [4.78, 5) is 38.3. The minimum absolute atomic E-state index is 0.00599. The fourth-order valence-corrected chi connectivity index (χ4v) is 6.30. The van der Waals surface area contributed by atoms with Gasteiger partial charge in [0.05, 0.1) is 39.6 Å². The van der Waals surface area contributed by atoms with Crippen molar-refractivity contribution < 1.29 is 13.2 Å². The predicted octanol–water partition coefficient (Wildman–Crippen LogP) is 2.64. The fourth-order valence-electron chi connectivity index (χ4n) is 5.71. The first-order valence-corrected chi connectivity index (χ1v) is 16.5. The third-order valence-electron chi connectivity index (χ3n) is 8.30. The Morgan fingerprint density at radius 2 is 1.70 bits per heavy atom. The van der Waals surface area contributed by atoms with Gasteiger partial charge in [-0.05, 0) is 56.3 Å². The van der Waals surface area contributed by atoms with E-state index >= 15 is 0 Å². The third kappa shape index (κ3) is 6.82. The van der Waals surface area contributed by atoms with Crippen molar-refractivity contribution in [2.75, 3.05) is 57.5 Å². The SMILES string of the molecule is CN1CCN(C2CCN(c3cccc(-c4ccc5cnc(CNC(=O)c6cncc(S(C)(=O)=O)c6)cc5n4)n3)CC2)CC1. The number of fused-ring (bicyclic) bond motifs is 1. The molecule has 2 fully saturated rings. The van der Waals surface area contributed by atoms with E-state index in [4.69, 9.17) is 9.97 Å². The van der Waals surface area contributed by atoms with E-state index < -0.39 is 15.7 Å². The highest BCUT2D eigenvalue weighted by Gasteiger charge is 2.27. The van der Waals surface area contributed by atoms with Crippen LogP contribution in [0.25, 0.3) is 22.3 Å². The van der Waals surface area contributed by atoms with E-state index in [1.54, 1.807) is 6.20 Å². The van der Waals surface area contributed by atoms with Gasteiger partial charge in [-0.15, -0.1) is 0 Å². The smallest absolute Gasteiger partial charge is 0.253 e. The lowest BCUT2D eigenvalue weighted by molar-refractivity contribution is 0.0949. The Morgan fingerprint density at radius 1 is 0.930 bits per heavy atom. The highest BCUT2D eigenvalue weighted by molar-refractivity contribution is 7.90. The van der Waals surface area contributed by atoms with Crippen LogP contribution in [0.5, 0.6) is 0 Å². The molecular weight excluding hydrogens is 564 g/mol. The van der Waals surface area contributed by atoms with Crippen LogP contribution < -0.4 is 10.2 Å². The summed E-state index contributed by atoms with van der Waals surface area (Å²) in [7, 11) is -1.27. The molecule has 2 aliphatic heterocycles. The Labute approximate surface area is 251 Å². The molecule has 0 spiro atoms. The van der Waals surface area contributed by atoms with Gasteiger partial charge in [0.1, 0.15) is 5.82 Å². The molecule has 0 radical (unpaired) electrons. The number of hydrogen-bond acceptors (Lipinski definition) is 10. The molecule has 0 aliphatic carbocycles. The maximum absolute atomic E-state index is 12.7. The van der Waals surface area contributed by atoms with E-state index in [1.165, 1.54) is 18.5 Å². The zero-order valence-corrected chi connectivity index (χ0v) is 25.3. The number of piperazine rings is 1. The highest BCUT2D eigenvalue weighted by atomic mass is 32.2. The third-order valence-corrected chi connectivity index (χ3v) is 9.38. The van der Waals surface area contributed by atoms with Crippen LogP contribution in [-0.2, 0) is 16.4 Å². The molecule has 43 heavy (non-hydrogen) atoms. The minimum Gasteiger partial charge on any atom is -0.356 e. The van der Waals surface area contributed by atoms with Crippen molar-refractivity contribution in [3.63, 3.8) is 0 Å². The summed E-state index contributed by atoms with van der Waals surface area (Å²) in [6, 6.07) is 13.8. The fraction of sp³-hybridized carbons (Fsp3) is 0.387. The summed E-state index contributed by atoms with van der Waals surface area (Å²) in [5, 5.41) is 3.67. The highest BCUT2D eigenvalue weighted by Crippen LogP contribution is 2.26. The van der Waals surface area contributed by atoms with Crippen LogP contribution in [0.15, 0.2) is 66.0 Å². The lowest BCUT2D eigenvalue weighted by atomic mass is 10.0. The molecule has 2 saturated heterocycles. The van der Waals surface area contributed by atoms with Gasteiger partial charge in [0, 0.05) is 75.5 Å². The van der Waals surface area contributed by atoms with Gasteiger partial charge in [-0.1, -0.05) is 6.07 Å². The standard InChI is InChI=1S/C31H36N8O3S/c1-37-12-14-38(15-13-37)25-8-10-39(11-9-25)30-5-3-4-27(36-30)28-7-6-22-19-33-24(17-29(22)35-28)20-34-31(40)23-16-26(21-32-18-23)43(2,41)42/h3-7,16-19,21,25H,8-15,20H2,1-2H3,(H,34,40). The topological polar surface area (TPSA) is 125 Å². The minimum atomic E-state index is -3.47. The number of pyridine rings is 4. The van der Waals surface area contributed by atoms with Crippen molar-refractivity contribution in [2.24, 2.45) is 0 Å². The number of nitrogens with zero attached hydrogens (tertiary/aromatic N) is 7. The van der Waals surface area contributed by atoms with E-state index in [9.17, 15) is 13.2 Å². The molecule has 1 amide bonds. The van der Waals surface area contributed by atoms with Gasteiger partial charge in [0.2, 0.25) is 0 Å². The molecule has 0 atom stereocenters. The Hall–Kier alpha value is -4.00. The van der Waals surface area contributed by atoms with E-state index in [-0.39, 0.29) is 17.0 Å².